The van der Waals surface area contributed by atoms with Crippen molar-refractivity contribution >= 4 is 11.6 Å². The molecule has 0 saturated heterocycles. The van der Waals surface area contributed by atoms with Crippen molar-refractivity contribution in [2.24, 2.45) is 5.92 Å². The highest BCUT2D eigenvalue weighted by atomic mass is 19.4. The standard InChI is InChI=1S/C16H16F3N3O/c1-8-14(9(2)22-21-8)20-15(23)12-7-11(12)10-5-3-4-6-13(10)16(17,18)19/h3-6,11-12H,7H2,1-2H3,(H,20,23)(H,21,22)/t11-,12-/m1/s1. The third-order valence-electron chi connectivity index (χ3n) is 4.17. The second-order valence-corrected chi connectivity index (χ2v) is 5.83. The second-order valence-electron chi connectivity index (χ2n) is 5.83. The molecule has 0 spiro atoms. The van der Waals surface area contributed by atoms with Gasteiger partial charge < -0.3 is 5.32 Å². The predicted molar refractivity (Wildman–Crippen MR) is 79.0 cm³/mol. The number of nitrogens with zero attached hydrogens (tertiary/aromatic N) is 1. The Labute approximate surface area is 131 Å². The summed E-state index contributed by atoms with van der Waals surface area (Å²) in [5, 5.41) is 9.51. The number of aromatic amines is 1. The van der Waals surface area contributed by atoms with Gasteiger partial charge in [0.15, 0.2) is 0 Å². The molecule has 1 saturated carbocycles. The van der Waals surface area contributed by atoms with Gasteiger partial charge >= 0.3 is 6.18 Å². The molecule has 1 amide bonds. The van der Waals surface area contributed by atoms with E-state index in [0.717, 1.165) is 11.8 Å². The van der Waals surface area contributed by atoms with E-state index in [-0.39, 0.29) is 17.4 Å². The molecule has 7 heteroatoms. The van der Waals surface area contributed by atoms with E-state index in [2.05, 4.69) is 15.5 Å². The topological polar surface area (TPSA) is 57.8 Å². The number of aromatic nitrogens is 2. The highest BCUT2D eigenvalue weighted by Crippen LogP contribution is 2.51. The largest absolute Gasteiger partial charge is 0.416 e. The Morgan fingerprint density at radius 3 is 2.61 bits per heavy atom. The number of hydrogen-bond donors (Lipinski definition) is 2. The summed E-state index contributed by atoms with van der Waals surface area (Å²) in [6.45, 7) is 3.53. The summed E-state index contributed by atoms with van der Waals surface area (Å²) in [6, 6.07) is 5.45. The molecule has 0 radical (unpaired) electrons. The summed E-state index contributed by atoms with van der Waals surface area (Å²) in [7, 11) is 0. The van der Waals surface area contributed by atoms with Crippen LogP contribution in [-0.2, 0) is 11.0 Å². The van der Waals surface area contributed by atoms with Gasteiger partial charge in [0, 0.05) is 5.92 Å². The molecule has 3 rings (SSSR count). The fraction of sp³-hybridized carbons (Fsp3) is 0.375. The van der Waals surface area contributed by atoms with E-state index in [1.165, 1.54) is 12.1 Å². The highest BCUT2D eigenvalue weighted by molar-refractivity contribution is 5.96. The Bertz CT molecular complexity index is 732. The van der Waals surface area contributed by atoms with Crippen LogP contribution in [0.1, 0.15) is 34.9 Å². The summed E-state index contributed by atoms with van der Waals surface area (Å²) < 4.78 is 39.2. The summed E-state index contributed by atoms with van der Waals surface area (Å²) >= 11 is 0. The number of carbonyl (C=O) groups excluding carboxylic acids is 1. The fourth-order valence-electron chi connectivity index (χ4n) is 2.86. The molecule has 0 bridgehead atoms. The highest BCUT2D eigenvalue weighted by Gasteiger charge is 2.48. The average molecular weight is 323 g/mol. The number of aryl methyl sites for hydroxylation is 2. The first-order valence-corrected chi connectivity index (χ1v) is 7.27. The molecule has 2 atom stereocenters. The lowest BCUT2D eigenvalue weighted by Crippen LogP contribution is -2.16. The van der Waals surface area contributed by atoms with Crippen molar-refractivity contribution in [2.75, 3.05) is 5.32 Å². The van der Waals surface area contributed by atoms with Crippen molar-refractivity contribution < 1.29 is 18.0 Å². The van der Waals surface area contributed by atoms with E-state index >= 15 is 0 Å². The Kier molecular flexibility index (Phi) is 3.66. The summed E-state index contributed by atoms with van der Waals surface area (Å²) in [4.78, 5) is 12.3. The molecule has 2 N–H and O–H groups in total. The monoisotopic (exact) mass is 323 g/mol. The third-order valence-corrected chi connectivity index (χ3v) is 4.17. The molecule has 1 aromatic heterocycles. The molecule has 1 heterocycles. The lowest BCUT2D eigenvalue weighted by Gasteiger charge is -2.12. The number of amides is 1. The van der Waals surface area contributed by atoms with Crippen LogP contribution in [0.15, 0.2) is 24.3 Å². The van der Waals surface area contributed by atoms with Gasteiger partial charge in [0.1, 0.15) is 0 Å². The van der Waals surface area contributed by atoms with Crippen LogP contribution in [0.2, 0.25) is 0 Å². The number of hydrogen-bond acceptors (Lipinski definition) is 2. The van der Waals surface area contributed by atoms with E-state index in [1.54, 1.807) is 19.9 Å². The normalized spacial score (nSPS) is 20.4. The van der Waals surface area contributed by atoms with Crippen LogP contribution in [0.5, 0.6) is 0 Å². The van der Waals surface area contributed by atoms with Gasteiger partial charge in [-0.25, -0.2) is 0 Å². The number of alkyl halides is 3. The van der Waals surface area contributed by atoms with Crippen LogP contribution in [0.4, 0.5) is 18.9 Å². The van der Waals surface area contributed by atoms with Crippen molar-refractivity contribution in [3.63, 3.8) is 0 Å². The van der Waals surface area contributed by atoms with Crippen molar-refractivity contribution in [3.8, 4) is 0 Å². The number of carbonyl (C=O) groups is 1. The van der Waals surface area contributed by atoms with Crippen molar-refractivity contribution in [1.29, 1.82) is 0 Å². The van der Waals surface area contributed by atoms with Crippen LogP contribution in [0, 0.1) is 19.8 Å². The molecule has 1 fully saturated rings. The molecule has 0 aliphatic heterocycles. The van der Waals surface area contributed by atoms with Gasteiger partial charge in [0.05, 0.1) is 22.6 Å². The number of H-pyrrole nitrogens is 1. The van der Waals surface area contributed by atoms with Gasteiger partial charge in [-0.1, -0.05) is 18.2 Å². The Balaban J connectivity index is 1.77. The average Bonchev–Trinajstić information content (AvgIpc) is 3.23. The number of benzene rings is 1. The van der Waals surface area contributed by atoms with Gasteiger partial charge in [-0.05, 0) is 37.8 Å². The first-order chi connectivity index (χ1) is 10.8. The smallest absolute Gasteiger partial charge is 0.323 e. The van der Waals surface area contributed by atoms with E-state index in [9.17, 15) is 18.0 Å². The first kappa shape index (κ1) is 15.6. The Morgan fingerprint density at radius 2 is 2.00 bits per heavy atom. The van der Waals surface area contributed by atoms with Gasteiger partial charge in [-0.3, -0.25) is 9.89 Å². The van der Waals surface area contributed by atoms with Gasteiger partial charge in [-0.2, -0.15) is 18.3 Å². The zero-order chi connectivity index (χ0) is 16.8. The maximum absolute atomic E-state index is 13.1. The molecule has 1 aliphatic carbocycles. The maximum Gasteiger partial charge on any atom is 0.416 e. The van der Waals surface area contributed by atoms with Crippen LogP contribution >= 0.6 is 0 Å². The molecule has 4 nitrogen and oxygen atoms in total. The maximum atomic E-state index is 13.1. The number of anilines is 1. The van der Waals surface area contributed by atoms with E-state index in [4.69, 9.17) is 0 Å². The molecular formula is C16H16F3N3O. The zero-order valence-electron chi connectivity index (χ0n) is 12.7. The van der Waals surface area contributed by atoms with E-state index in [0.29, 0.717) is 17.8 Å². The minimum absolute atomic E-state index is 0.195. The van der Waals surface area contributed by atoms with E-state index in [1.807, 2.05) is 0 Å². The molecule has 0 unspecified atom stereocenters. The molecular weight excluding hydrogens is 307 g/mol. The fourth-order valence-corrected chi connectivity index (χ4v) is 2.86. The van der Waals surface area contributed by atoms with Crippen molar-refractivity contribution in [2.45, 2.75) is 32.4 Å². The zero-order valence-corrected chi connectivity index (χ0v) is 12.7. The van der Waals surface area contributed by atoms with Crippen LogP contribution in [-0.4, -0.2) is 16.1 Å². The molecule has 2 aromatic rings. The molecule has 23 heavy (non-hydrogen) atoms. The van der Waals surface area contributed by atoms with Gasteiger partial charge in [-0.15, -0.1) is 0 Å². The lowest BCUT2D eigenvalue weighted by molar-refractivity contribution is -0.138. The van der Waals surface area contributed by atoms with Crippen LogP contribution in [0.25, 0.3) is 0 Å². The predicted octanol–water partition coefficient (Wildman–Crippen LogP) is 3.79. The Hall–Kier alpha value is -2.31. The Morgan fingerprint density at radius 1 is 1.30 bits per heavy atom. The third kappa shape index (κ3) is 2.95. The quantitative estimate of drug-likeness (QED) is 0.903. The molecule has 122 valence electrons. The lowest BCUT2D eigenvalue weighted by atomic mass is 10.0. The number of nitrogens with one attached hydrogen (secondary N) is 2. The summed E-state index contributed by atoms with van der Waals surface area (Å²) in [5.74, 6) is -1.09. The van der Waals surface area contributed by atoms with E-state index < -0.39 is 17.7 Å². The van der Waals surface area contributed by atoms with Gasteiger partial charge in [0.2, 0.25) is 5.91 Å². The number of rotatable bonds is 3. The van der Waals surface area contributed by atoms with Crippen molar-refractivity contribution in [1.82, 2.24) is 10.2 Å². The summed E-state index contributed by atoms with van der Waals surface area (Å²) in [6.07, 6.45) is -3.98. The minimum atomic E-state index is -4.40. The number of halogens is 3. The van der Waals surface area contributed by atoms with Crippen LogP contribution in [0.3, 0.4) is 0 Å². The molecule has 1 aliphatic rings. The minimum Gasteiger partial charge on any atom is -0.323 e. The van der Waals surface area contributed by atoms with Gasteiger partial charge in [0.25, 0.3) is 0 Å². The molecule has 1 aromatic carbocycles. The first-order valence-electron chi connectivity index (χ1n) is 7.27. The second kappa shape index (κ2) is 5.40. The SMILES string of the molecule is Cc1n[nH]c(C)c1NC(=O)[C@@H]1C[C@@H]1c1ccccc1C(F)(F)F. The van der Waals surface area contributed by atoms with Crippen molar-refractivity contribution in [3.05, 3.63) is 46.8 Å². The van der Waals surface area contributed by atoms with Crippen LogP contribution < -0.4 is 5.32 Å². The summed E-state index contributed by atoms with van der Waals surface area (Å²) in [5.41, 5.74) is 1.52.